The van der Waals surface area contributed by atoms with E-state index in [1.165, 1.54) is 0 Å². The van der Waals surface area contributed by atoms with Crippen LogP contribution in [0.5, 0.6) is 0 Å². The van der Waals surface area contributed by atoms with E-state index in [9.17, 15) is 4.79 Å². The molecule has 1 rings (SSSR count). The van der Waals surface area contributed by atoms with Gasteiger partial charge in [0.25, 0.3) is 0 Å². The summed E-state index contributed by atoms with van der Waals surface area (Å²) >= 11 is 0. The van der Waals surface area contributed by atoms with Crippen LogP contribution in [0, 0.1) is 5.92 Å². The molecule has 0 aliphatic heterocycles. The topological polar surface area (TPSA) is 61.5 Å². The van der Waals surface area contributed by atoms with Crippen molar-refractivity contribution in [2.75, 3.05) is 19.8 Å². The SMILES string of the molecule is CCCCOCCOC(=O)C1CCC(N)CC1. The molecule has 0 saturated heterocycles. The molecular weight excluding hydrogens is 218 g/mol. The number of esters is 1. The van der Waals surface area contributed by atoms with E-state index in [0.717, 1.165) is 45.1 Å². The van der Waals surface area contributed by atoms with Crippen LogP contribution < -0.4 is 5.73 Å². The second-order valence-electron chi connectivity index (χ2n) is 4.75. The van der Waals surface area contributed by atoms with Gasteiger partial charge >= 0.3 is 5.97 Å². The van der Waals surface area contributed by atoms with Crippen molar-refractivity contribution in [2.24, 2.45) is 11.7 Å². The maximum absolute atomic E-state index is 11.7. The lowest BCUT2D eigenvalue weighted by Gasteiger charge is -2.24. The van der Waals surface area contributed by atoms with Crippen LogP contribution in [0.2, 0.25) is 0 Å². The second-order valence-corrected chi connectivity index (χ2v) is 4.75. The molecule has 1 aliphatic carbocycles. The molecule has 0 aromatic carbocycles. The Balaban J connectivity index is 2.01. The molecule has 0 radical (unpaired) electrons. The summed E-state index contributed by atoms with van der Waals surface area (Å²) in [5.74, 6) is -0.0126. The summed E-state index contributed by atoms with van der Waals surface area (Å²) in [6, 6.07) is 0.274. The lowest BCUT2D eigenvalue weighted by molar-refractivity contribution is -0.151. The van der Waals surface area contributed by atoms with Crippen LogP contribution in [-0.4, -0.2) is 31.8 Å². The van der Waals surface area contributed by atoms with Gasteiger partial charge in [0.15, 0.2) is 0 Å². The van der Waals surface area contributed by atoms with Crippen LogP contribution in [0.4, 0.5) is 0 Å². The Morgan fingerprint density at radius 1 is 1.18 bits per heavy atom. The van der Waals surface area contributed by atoms with Crippen LogP contribution >= 0.6 is 0 Å². The normalized spacial score (nSPS) is 24.6. The predicted molar refractivity (Wildman–Crippen MR) is 66.6 cm³/mol. The molecule has 4 nitrogen and oxygen atoms in total. The fraction of sp³-hybridized carbons (Fsp3) is 0.923. The van der Waals surface area contributed by atoms with Crippen LogP contribution in [0.1, 0.15) is 45.4 Å². The lowest BCUT2D eigenvalue weighted by atomic mass is 9.86. The first-order valence-corrected chi connectivity index (χ1v) is 6.74. The third-order valence-electron chi connectivity index (χ3n) is 3.22. The molecule has 4 heteroatoms. The van der Waals surface area contributed by atoms with Crippen molar-refractivity contribution in [1.29, 1.82) is 0 Å². The minimum absolute atomic E-state index is 0.0606. The predicted octanol–water partition coefficient (Wildman–Crippen LogP) is 1.86. The highest BCUT2D eigenvalue weighted by Gasteiger charge is 2.25. The minimum Gasteiger partial charge on any atom is -0.463 e. The molecule has 0 atom stereocenters. The molecule has 0 aromatic rings. The van der Waals surface area contributed by atoms with E-state index in [0.29, 0.717) is 13.2 Å². The molecule has 0 aromatic heterocycles. The number of rotatable bonds is 7. The summed E-state index contributed by atoms with van der Waals surface area (Å²) in [5.41, 5.74) is 5.79. The molecule has 0 unspecified atom stereocenters. The molecule has 0 heterocycles. The smallest absolute Gasteiger partial charge is 0.309 e. The summed E-state index contributed by atoms with van der Waals surface area (Å²) < 4.78 is 10.5. The van der Waals surface area contributed by atoms with Gasteiger partial charge in [0, 0.05) is 12.6 Å². The lowest BCUT2D eigenvalue weighted by Crippen LogP contribution is -2.31. The molecule has 1 aliphatic rings. The molecule has 1 saturated carbocycles. The van der Waals surface area contributed by atoms with E-state index >= 15 is 0 Å². The van der Waals surface area contributed by atoms with Crippen molar-refractivity contribution in [3.8, 4) is 0 Å². The average Bonchev–Trinajstić information content (AvgIpc) is 2.34. The standard InChI is InChI=1S/C13H25NO3/c1-2-3-8-16-9-10-17-13(15)11-4-6-12(14)7-5-11/h11-12H,2-10,14H2,1H3. The van der Waals surface area contributed by atoms with Gasteiger partial charge in [0.05, 0.1) is 12.5 Å². The summed E-state index contributed by atoms with van der Waals surface area (Å²) in [4.78, 5) is 11.7. The van der Waals surface area contributed by atoms with Crippen molar-refractivity contribution < 1.29 is 14.3 Å². The van der Waals surface area contributed by atoms with Crippen molar-refractivity contribution in [3.05, 3.63) is 0 Å². The van der Waals surface area contributed by atoms with Crippen molar-refractivity contribution in [2.45, 2.75) is 51.5 Å². The third-order valence-corrected chi connectivity index (χ3v) is 3.22. The van der Waals surface area contributed by atoms with Crippen LogP contribution in [0.3, 0.4) is 0 Å². The number of unbranched alkanes of at least 4 members (excludes halogenated alkanes) is 1. The van der Waals surface area contributed by atoms with Crippen LogP contribution in [-0.2, 0) is 14.3 Å². The van der Waals surface area contributed by atoms with E-state index in [1.54, 1.807) is 0 Å². The van der Waals surface area contributed by atoms with Gasteiger partial charge in [-0.3, -0.25) is 4.79 Å². The number of carbonyl (C=O) groups is 1. The minimum atomic E-state index is -0.0732. The zero-order chi connectivity index (χ0) is 12.5. The number of ether oxygens (including phenoxy) is 2. The van der Waals surface area contributed by atoms with Crippen molar-refractivity contribution in [1.82, 2.24) is 0 Å². The fourth-order valence-electron chi connectivity index (χ4n) is 2.02. The molecule has 100 valence electrons. The molecule has 1 fully saturated rings. The second kappa shape index (κ2) is 8.48. The molecule has 0 spiro atoms. The molecule has 17 heavy (non-hydrogen) atoms. The zero-order valence-corrected chi connectivity index (χ0v) is 10.8. The van der Waals surface area contributed by atoms with Crippen molar-refractivity contribution >= 4 is 5.97 Å². The average molecular weight is 243 g/mol. The van der Waals surface area contributed by atoms with Gasteiger partial charge in [-0.15, -0.1) is 0 Å². The van der Waals surface area contributed by atoms with E-state index in [-0.39, 0.29) is 17.9 Å². The Morgan fingerprint density at radius 2 is 1.88 bits per heavy atom. The van der Waals surface area contributed by atoms with Gasteiger partial charge in [-0.2, -0.15) is 0 Å². The van der Waals surface area contributed by atoms with Crippen LogP contribution in [0.25, 0.3) is 0 Å². The van der Waals surface area contributed by atoms with Crippen molar-refractivity contribution in [3.63, 3.8) is 0 Å². The Hall–Kier alpha value is -0.610. The molecule has 2 N–H and O–H groups in total. The van der Waals surface area contributed by atoms with Gasteiger partial charge < -0.3 is 15.2 Å². The first-order chi connectivity index (χ1) is 8.24. The maximum Gasteiger partial charge on any atom is 0.309 e. The van der Waals surface area contributed by atoms with E-state index < -0.39 is 0 Å². The van der Waals surface area contributed by atoms with E-state index in [2.05, 4.69) is 6.92 Å². The Labute approximate surface area is 104 Å². The molecule has 0 amide bonds. The van der Waals surface area contributed by atoms with Crippen LogP contribution in [0.15, 0.2) is 0 Å². The zero-order valence-electron chi connectivity index (χ0n) is 10.8. The first kappa shape index (κ1) is 14.5. The molecule has 0 bridgehead atoms. The highest BCUT2D eigenvalue weighted by Crippen LogP contribution is 2.24. The first-order valence-electron chi connectivity index (χ1n) is 6.74. The largest absolute Gasteiger partial charge is 0.463 e. The van der Waals surface area contributed by atoms with Gasteiger partial charge in [-0.1, -0.05) is 13.3 Å². The van der Waals surface area contributed by atoms with Gasteiger partial charge in [0.2, 0.25) is 0 Å². The van der Waals surface area contributed by atoms with Gasteiger partial charge in [0.1, 0.15) is 6.61 Å². The summed E-state index contributed by atoms with van der Waals surface area (Å²) in [5, 5.41) is 0. The van der Waals surface area contributed by atoms with Gasteiger partial charge in [-0.25, -0.2) is 0 Å². The van der Waals surface area contributed by atoms with Gasteiger partial charge in [-0.05, 0) is 32.1 Å². The number of carbonyl (C=O) groups excluding carboxylic acids is 1. The Morgan fingerprint density at radius 3 is 2.53 bits per heavy atom. The van der Waals surface area contributed by atoms with E-state index in [4.69, 9.17) is 15.2 Å². The fourth-order valence-corrected chi connectivity index (χ4v) is 2.02. The number of nitrogens with two attached hydrogens (primary N) is 1. The third kappa shape index (κ3) is 6.03. The maximum atomic E-state index is 11.7. The summed E-state index contributed by atoms with van der Waals surface area (Å²) in [7, 11) is 0. The monoisotopic (exact) mass is 243 g/mol. The Kier molecular flexibility index (Phi) is 7.21. The van der Waals surface area contributed by atoms with E-state index in [1.807, 2.05) is 0 Å². The highest BCUT2D eigenvalue weighted by molar-refractivity contribution is 5.72. The molecular formula is C13H25NO3. The quantitative estimate of drug-likeness (QED) is 0.547. The Bertz CT molecular complexity index is 213. The summed E-state index contributed by atoms with van der Waals surface area (Å²) in [6.07, 6.45) is 5.81. The number of hydrogen-bond acceptors (Lipinski definition) is 4. The highest BCUT2D eigenvalue weighted by atomic mass is 16.6. The number of hydrogen-bond donors (Lipinski definition) is 1. The summed E-state index contributed by atoms with van der Waals surface area (Å²) in [6.45, 7) is 3.77.